The summed E-state index contributed by atoms with van der Waals surface area (Å²) in [4.78, 5) is 0.000301. The van der Waals surface area contributed by atoms with Gasteiger partial charge in [-0.3, -0.25) is 0 Å². The summed E-state index contributed by atoms with van der Waals surface area (Å²) in [5, 5.41) is 13.5. The Labute approximate surface area is 116 Å². The molecule has 1 atom stereocenters. The first-order valence-corrected chi connectivity index (χ1v) is 7.46. The molecule has 0 bridgehead atoms. The average molecular weight is 300 g/mol. The molecule has 0 amide bonds. The topological polar surface area (TPSA) is 106 Å². The summed E-state index contributed by atoms with van der Waals surface area (Å²) >= 11 is 0. The minimum Gasteiger partial charge on any atom is -0.464 e. The molecule has 8 heteroatoms. The second-order valence-corrected chi connectivity index (χ2v) is 6.17. The van der Waals surface area contributed by atoms with Gasteiger partial charge >= 0.3 is 0 Å². The fraction of sp³-hybridized carbons (Fsp3) is 0.417. The van der Waals surface area contributed by atoms with Crippen LogP contribution in [0.2, 0.25) is 0 Å². The molecule has 0 radical (unpaired) electrons. The van der Waals surface area contributed by atoms with E-state index < -0.39 is 16.1 Å². The van der Waals surface area contributed by atoms with Crippen molar-refractivity contribution in [2.45, 2.75) is 31.8 Å². The van der Waals surface area contributed by atoms with Crippen LogP contribution in [0, 0.1) is 20.8 Å². The van der Waals surface area contributed by atoms with Crippen LogP contribution in [-0.2, 0) is 10.0 Å². The quantitative estimate of drug-likeness (QED) is 0.859. The number of aryl methyl sites for hydroxylation is 3. The van der Waals surface area contributed by atoms with Gasteiger partial charge in [-0.1, -0.05) is 5.16 Å². The van der Waals surface area contributed by atoms with Crippen molar-refractivity contribution in [3.05, 3.63) is 35.1 Å². The molecule has 110 valence electrons. The lowest BCUT2D eigenvalue weighted by Crippen LogP contribution is -2.29. The Bertz CT molecular complexity index is 682. The van der Waals surface area contributed by atoms with Crippen LogP contribution >= 0.6 is 0 Å². The maximum absolute atomic E-state index is 12.1. The van der Waals surface area contributed by atoms with Crippen LogP contribution in [0.15, 0.2) is 26.0 Å². The number of hydrogen-bond donors (Lipinski definition) is 2. The Hall–Kier alpha value is -1.64. The lowest BCUT2D eigenvalue weighted by Gasteiger charge is -2.10. The zero-order valence-electron chi connectivity index (χ0n) is 11.4. The summed E-state index contributed by atoms with van der Waals surface area (Å²) in [6.07, 6.45) is -1.06. The molecule has 2 aromatic rings. The number of sulfonamides is 1. The van der Waals surface area contributed by atoms with Gasteiger partial charge in [-0.15, -0.1) is 0 Å². The predicted molar refractivity (Wildman–Crippen MR) is 69.6 cm³/mol. The van der Waals surface area contributed by atoms with Crippen molar-refractivity contribution < 1.29 is 22.5 Å². The second-order valence-electron chi connectivity index (χ2n) is 4.47. The molecule has 2 heterocycles. The minimum absolute atomic E-state index is 0.000301. The molecule has 0 aliphatic carbocycles. The first kappa shape index (κ1) is 14.8. The Morgan fingerprint density at radius 3 is 2.55 bits per heavy atom. The first-order valence-electron chi connectivity index (χ1n) is 5.98. The van der Waals surface area contributed by atoms with Gasteiger partial charge in [0.1, 0.15) is 28.2 Å². The third-order valence-electron chi connectivity index (χ3n) is 2.79. The Morgan fingerprint density at radius 1 is 1.35 bits per heavy atom. The molecule has 2 aromatic heterocycles. The largest absolute Gasteiger partial charge is 0.464 e. The number of hydrogen-bond acceptors (Lipinski definition) is 6. The predicted octanol–water partition coefficient (Wildman–Crippen LogP) is 1.20. The normalized spacial score (nSPS) is 13.6. The Morgan fingerprint density at radius 2 is 2.05 bits per heavy atom. The lowest BCUT2D eigenvalue weighted by atomic mass is 10.3. The standard InChI is InChI=1S/C12H16N2O5S/c1-7-4-5-11(18-7)10(15)6-13-20(16,17)12-8(2)14-19-9(12)3/h4-5,10,13,15H,6H2,1-3H3. The van der Waals surface area contributed by atoms with Gasteiger partial charge in [-0.2, -0.15) is 0 Å². The highest BCUT2D eigenvalue weighted by atomic mass is 32.2. The van der Waals surface area contributed by atoms with Crippen LogP contribution in [-0.4, -0.2) is 25.2 Å². The summed E-state index contributed by atoms with van der Waals surface area (Å²) in [7, 11) is -3.78. The summed E-state index contributed by atoms with van der Waals surface area (Å²) in [5.41, 5.74) is 0.276. The number of aliphatic hydroxyl groups is 1. The molecule has 0 aromatic carbocycles. The summed E-state index contributed by atoms with van der Waals surface area (Å²) < 4.78 is 36.6. The van der Waals surface area contributed by atoms with Gasteiger partial charge in [0.15, 0.2) is 5.76 Å². The zero-order chi connectivity index (χ0) is 14.9. The van der Waals surface area contributed by atoms with E-state index in [0.717, 1.165) is 0 Å². The number of nitrogens with one attached hydrogen (secondary N) is 1. The molecular formula is C12H16N2O5S. The maximum atomic E-state index is 12.1. The van der Waals surface area contributed by atoms with Crippen molar-refractivity contribution >= 4 is 10.0 Å². The molecule has 1 unspecified atom stereocenters. The summed E-state index contributed by atoms with van der Waals surface area (Å²) in [6, 6.07) is 3.30. The summed E-state index contributed by atoms with van der Waals surface area (Å²) in [5.74, 6) is 1.16. The fourth-order valence-electron chi connectivity index (χ4n) is 1.85. The van der Waals surface area contributed by atoms with E-state index in [1.165, 1.54) is 13.8 Å². The number of aliphatic hydroxyl groups excluding tert-OH is 1. The maximum Gasteiger partial charge on any atom is 0.246 e. The first-order chi connectivity index (χ1) is 9.31. The van der Waals surface area contributed by atoms with Gasteiger partial charge in [-0.05, 0) is 32.9 Å². The highest BCUT2D eigenvalue weighted by Gasteiger charge is 2.25. The Kier molecular flexibility index (Phi) is 3.98. The molecule has 0 saturated heterocycles. The van der Waals surface area contributed by atoms with Gasteiger partial charge in [0.25, 0.3) is 0 Å². The second kappa shape index (κ2) is 5.39. The van der Waals surface area contributed by atoms with Crippen molar-refractivity contribution in [2.24, 2.45) is 0 Å². The van der Waals surface area contributed by atoms with Crippen molar-refractivity contribution in [3.8, 4) is 0 Å². The highest BCUT2D eigenvalue weighted by molar-refractivity contribution is 7.89. The van der Waals surface area contributed by atoms with Crippen molar-refractivity contribution in [3.63, 3.8) is 0 Å². The van der Waals surface area contributed by atoms with Crippen molar-refractivity contribution in [1.82, 2.24) is 9.88 Å². The third kappa shape index (κ3) is 2.92. The molecular weight excluding hydrogens is 284 g/mol. The van der Waals surface area contributed by atoms with E-state index in [1.807, 2.05) is 0 Å². The number of furan rings is 1. The van der Waals surface area contributed by atoms with Gasteiger partial charge in [0, 0.05) is 6.54 Å². The van der Waals surface area contributed by atoms with Gasteiger partial charge in [0.05, 0.1) is 0 Å². The molecule has 2 N–H and O–H groups in total. The van der Waals surface area contributed by atoms with E-state index in [0.29, 0.717) is 11.5 Å². The number of aromatic nitrogens is 1. The molecule has 2 rings (SSSR count). The average Bonchev–Trinajstić information content (AvgIpc) is 2.93. The smallest absolute Gasteiger partial charge is 0.246 e. The van der Waals surface area contributed by atoms with Gasteiger partial charge < -0.3 is 14.0 Å². The molecule has 0 aliphatic rings. The van der Waals surface area contributed by atoms with Crippen LogP contribution < -0.4 is 4.72 Å². The van der Waals surface area contributed by atoms with Crippen LogP contribution in [0.5, 0.6) is 0 Å². The zero-order valence-corrected chi connectivity index (χ0v) is 12.2. The molecule has 7 nitrogen and oxygen atoms in total. The summed E-state index contributed by atoms with van der Waals surface area (Å²) in [6.45, 7) is 4.60. The van der Waals surface area contributed by atoms with E-state index in [-0.39, 0.29) is 22.9 Å². The van der Waals surface area contributed by atoms with Crippen molar-refractivity contribution in [1.29, 1.82) is 0 Å². The Balaban J connectivity index is 2.10. The van der Waals surface area contributed by atoms with Gasteiger partial charge in [-0.25, -0.2) is 13.1 Å². The molecule has 0 aliphatic heterocycles. The number of nitrogens with zero attached hydrogens (tertiary/aromatic N) is 1. The van der Waals surface area contributed by atoms with Crippen LogP contribution in [0.4, 0.5) is 0 Å². The fourth-order valence-corrected chi connectivity index (χ4v) is 3.22. The number of rotatable bonds is 5. The van der Waals surface area contributed by atoms with E-state index in [1.54, 1.807) is 19.1 Å². The highest BCUT2D eigenvalue weighted by Crippen LogP contribution is 2.20. The lowest BCUT2D eigenvalue weighted by molar-refractivity contribution is 0.152. The molecule has 20 heavy (non-hydrogen) atoms. The van der Waals surface area contributed by atoms with E-state index in [4.69, 9.17) is 8.94 Å². The minimum atomic E-state index is -3.78. The van der Waals surface area contributed by atoms with Crippen LogP contribution in [0.25, 0.3) is 0 Å². The van der Waals surface area contributed by atoms with Crippen molar-refractivity contribution in [2.75, 3.05) is 6.54 Å². The van der Waals surface area contributed by atoms with Crippen LogP contribution in [0.3, 0.4) is 0 Å². The van der Waals surface area contributed by atoms with Crippen LogP contribution in [0.1, 0.15) is 29.1 Å². The monoisotopic (exact) mass is 300 g/mol. The SMILES string of the molecule is Cc1ccc(C(O)CNS(=O)(=O)c2c(C)noc2C)o1. The molecule has 0 saturated carbocycles. The molecule has 0 spiro atoms. The van der Waals surface area contributed by atoms with E-state index in [9.17, 15) is 13.5 Å². The third-order valence-corrected chi connectivity index (χ3v) is 4.46. The van der Waals surface area contributed by atoms with E-state index >= 15 is 0 Å². The molecule has 0 fully saturated rings. The van der Waals surface area contributed by atoms with E-state index in [2.05, 4.69) is 9.88 Å². The van der Waals surface area contributed by atoms with Gasteiger partial charge in [0.2, 0.25) is 10.0 Å².